The van der Waals surface area contributed by atoms with Crippen molar-refractivity contribution >= 4 is 45.4 Å². The van der Waals surface area contributed by atoms with Gasteiger partial charge in [-0.15, -0.1) is 0 Å². The third kappa shape index (κ3) is 1.65. The van der Waals surface area contributed by atoms with Gasteiger partial charge in [-0.2, -0.15) is 15.1 Å². The van der Waals surface area contributed by atoms with Crippen molar-refractivity contribution < 1.29 is 9.59 Å². The van der Waals surface area contributed by atoms with Gasteiger partial charge in [-0.25, -0.2) is 0 Å². The molecule has 3 rings (SSSR count). The van der Waals surface area contributed by atoms with Crippen LogP contribution in [0.25, 0.3) is 0 Å². The third-order valence-corrected chi connectivity index (χ3v) is 3.43. The number of fused-ring (bicyclic) bond motifs is 1. The first-order valence-electron chi connectivity index (χ1n) is 4.64. The van der Waals surface area contributed by atoms with Crippen molar-refractivity contribution in [2.75, 3.05) is 0 Å². The first-order chi connectivity index (χ1) is 8.15. The molecule has 5 nitrogen and oxygen atoms in total. The van der Waals surface area contributed by atoms with E-state index in [1.165, 1.54) is 11.8 Å². The highest BCUT2D eigenvalue weighted by atomic mass is 35.5. The van der Waals surface area contributed by atoms with Crippen LogP contribution in [0.2, 0.25) is 5.02 Å². The normalized spacial score (nSPS) is 18.3. The molecule has 1 aromatic rings. The molecule has 0 bridgehead atoms. The summed E-state index contributed by atoms with van der Waals surface area (Å²) in [4.78, 5) is 25.9. The largest absolute Gasteiger partial charge is 0.341 e. The van der Waals surface area contributed by atoms with Crippen molar-refractivity contribution in [1.82, 2.24) is 5.01 Å². The topological polar surface area (TPSA) is 62.1 Å². The van der Waals surface area contributed by atoms with E-state index >= 15 is 0 Å². The van der Waals surface area contributed by atoms with Crippen LogP contribution < -0.4 is 0 Å². The number of hydrazone groups is 1. The molecule has 1 aromatic carbocycles. The van der Waals surface area contributed by atoms with E-state index in [2.05, 4.69) is 10.1 Å². The lowest BCUT2D eigenvalue weighted by molar-refractivity contribution is -0.139. The summed E-state index contributed by atoms with van der Waals surface area (Å²) >= 11 is 6.97. The highest BCUT2D eigenvalue weighted by Gasteiger charge is 2.39. The summed E-state index contributed by atoms with van der Waals surface area (Å²) in [7, 11) is 0. The molecule has 0 aliphatic carbocycles. The second-order valence-electron chi connectivity index (χ2n) is 3.33. The monoisotopic (exact) mass is 265 g/mol. The van der Waals surface area contributed by atoms with Crippen molar-refractivity contribution in [3.05, 3.63) is 34.9 Å². The van der Waals surface area contributed by atoms with Crippen LogP contribution in [0.15, 0.2) is 34.4 Å². The van der Waals surface area contributed by atoms with Crippen molar-refractivity contribution in [3.63, 3.8) is 0 Å². The SMILES string of the molecule is O=C1N=C2SC(c3ccc(Cl)cc3)=NN2C1=O. The van der Waals surface area contributed by atoms with Crippen molar-refractivity contribution in [2.45, 2.75) is 0 Å². The number of amidine groups is 1. The number of hydrogen-bond acceptors (Lipinski definition) is 4. The summed E-state index contributed by atoms with van der Waals surface area (Å²) in [5.41, 5.74) is 0.830. The molecular weight excluding hydrogens is 262 g/mol. The second kappa shape index (κ2) is 3.68. The smallest absolute Gasteiger partial charge is 0.261 e. The summed E-state index contributed by atoms with van der Waals surface area (Å²) in [5, 5.41) is 6.64. The van der Waals surface area contributed by atoms with Crippen LogP contribution in [0, 0.1) is 0 Å². The molecule has 0 radical (unpaired) electrons. The van der Waals surface area contributed by atoms with Gasteiger partial charge >= 0.3 is 11.8 Å². The van der Waals surface area contributed by atoms with Crippen LogP contribution >= 0.6 is 23.4 Å². The lowest BCUT2D eigenvalue weighted by atomic mass is 10.2. The van der Waals surface area contributed by atoms with E-state index in [1.54, 1.807) is 24.3 Å². The zero-order valence-corrected chi connectivity index (χ0v) is 9.83. The Morgan fingerprint density at radius 1 is 1.18 bits per heavy atom. The van der Waals surface area contributed by atoms with Gasteiger partial charge in [-0.05, 0) is 23.9 Å². The average molecular weight is 266 g/mol. The molecule has 2 aliphatic heterocycles. The maximum absolute atomic E-state index is 11.3. The van der Waals surface area contributed by atoms with Gasteiger partial charge in [0.25, 0.3) is 0 Å². The quantitative estimate of drug-likeness (QED) is 0.723. The number of halogens is 1. The number of amides is 2. The predicted octanol–water partition coefficient (Wildman–Crippen LogP) is 1.47. The molecule has 0 unspecified atom stereocenters. The number of hydrogen-bond donors (Lipinski definition) is 0. The molecule has 0 aromatic heterocycles. The maximum atomic E-state index is 11.3. The van der Waals surface area contributed by atoms with Crippen LogP contribution in [-0.4, -0.2) is 27.0 Å². The summed E-state index contributed by atoms with van der Waals surface area (Å²) in [6, 6.07) is 7.06. The maximum Gasteiger partial charge on any atom is 0.341 e. The molecule has 2 aliphatic rings. The summed E-state index contributed by atoms with van der Waals surface area (Å²) < 4.78 is 0. The average Bonchev–Trinajstić information content (AvgIpc) is 2.82. The Labute approximate surface area is 105 Å². The minimum atomic E-state index is -0.772. The molecule has 2 amide bonds. The van der Waals surface area contributed by atoms with E-state index in [9.17, 15) is 9.59 Å². The molecule has 0 spiro atoms. The van der Waals surface area contributed by atoms with Crippen molar-refractivity contribution in [3.8, 4) is 0 Å². The Kier molecular flexibility index (Phi) is 2.27. The fourth-order valence-corrected chi connectivity index (χ4v) is 2.43. The Balaban J connectivity index is 1.94. The summed E-state index contributed by atoms with van der Waals surface area (Å²) in [5.74, 6) is -1.48. The van der Waals surface area contributed by atoms with Crippen molar-refractivity contribution in [1.29, 1.82) is 0 Å². The van der Waals surface area contributed by atoms with Crippen LogP contribution in [0.3, 0.4) is 0 Å². The van der Waals surface area contributed by atoms with Gasteiger partial charge < -0.3 is 0 Å². The number of nitrogens with zero attached hydrogens (tertiary/aromatic N) is 3. The van der Waals surface area contributed by atoms with Gasteiger partial charge in [-0.3, -0.25) is 9.59 Å². The van der Waals surface area contributed by atoms with Crippen LogP contribution in [0.1, 0.15) is 5.56 Å². The number of aliphatic imine (C=N–C) groups is 1. The van der Waals surface area contributed by atoms with E-state index in [0.717, 1.165) is 10.6 Å². The molecule has 0 saturated carbocycles. The minimum Gasteiger partial charge on any atom is -0.261 e. The highest BCUT2D eigenvalue weighted by Crippen LogP contribution is 2.29. The molecule has 0 fully saturated rings. The summed E-state index contributed by atoms with van der Waals surface area (Å²) in [6.07, 6.45) is 0. The number of thioether (sulfide) groups is 1. The van der Waals surface area contributed by atoms with Gasteiger partial charge in [0.1, 0.15) is 5.04 Å². The molecule has 84 valence electrons. The van der Waals surface area contributed by atoms with E-state index < -0.39 is 11.8 Å². The fraction of sp³-hybridized carbons (Fsp3) is 0. The molecule has 7 heteroatoms. The lowest BCUT2D eigenvalue weighted by Crippen LogP contribution is -2.24. The van der Waals surface area contributed by atoms with Crippen LogP contribution in [0.5, 0.6) is 0 Å². The molecule has 0 saturated heterocycles. The number of carbonyl (C=O) groups excluding carboxylic acids is 2. The summed E-state index contributed by atoms with van der Waals surface area (Å²) in [6.45, 7) is 0. The Morgan fingerprint density at radius 2 is 1.88 bits per heavy atom. The molecule has 0 atom stereocenters. The third-order valence-electron chi connectivity index (χ3n) is 2.22. The fourth-order valence-electron chi connectivity index (χ4n) is 1.42. The minimum absolute atomic E-state index is 0.310. The predicted molar refractivity (Wildman–Crippen MR) is 64.9 cm³/mol. The van der Waals surface area contributed by atoms with Crippen LogP contribution in [-0.2, 0) is 9.59 Å². The van der Waals surface area contributed by atoms with Gasteiger partial charge in [0.2, 0.25) is 5.17 Å². The van der Waals surface area contributed by atoms with Crippen molar-refractivity contribution in [2.24, 2.45) is 10.1 Å². The standard InChI is InChI=1S/C10H4ClN3O2S/c11-6-3-1-5(2-4-6)8-13-14-9(16)7(15)12-10(14)17-8/h1-4H. The molecule has 0 N–H and O–H groups in total. The van der Waals surface area contributed by atoms with Gasteiger partial charge in [0, 0.05) is 10.6 Å². The lowest BCUT2D eigenvalue weighted by Gasteiger charge is -1.99. The second-order valence-corrected chi connectivity index (χ2v) is 4.72. The number of benzene rings is 1. The van der Waals surface area contributed by atoms with Gasteiger partial charge in [-0.1, -0.05) is 23.7 Å². The Bertz CT molecular complexity index is 594. The van der Waals surface area contributed by atoms with E-state index in [1.807, 2.05) is 0 Å². The highest BCUT2D eigenvalue weighted by molar-refractivity contribution is 8.27. The van der Waals surface area contributed by atoms with E-state index in [-0.39, 0.29) is 0 Å². The molecule has 2 heterocycles. The number of carbonyl (C=O) groups is 2. The number of rotatable bonds is 1. The Hall–Kier alpha value is -1.66. The molecular formula is C10H4ClN3O2S. The van der Waals surface area contributed by atoms with Gasteiger partial charge in [0.15, 0.2) is 0 Å². The van der Waals surface area contributed by atoms with Gasteiger partial charge in [0.05, 0.1) is 0 Å². The van der Waals surface area contributed by atoms with E-state index in [4.69, 9.17) is 11.6 Å². The van der Waals surface area contributed by atoms with E-state index in [0.29, 0.717) is 15.2 Å². The first kappa shape index (κ1) is 10.5. The Morgan fingerprint density at radius 3 is 2.53 bits per heavy atom. The zero-order chi connectivity index (χ0) is 12.0. The van der Waals surface area contributed by atoms with Crippen LogP contribution in [0.4, 0.5) is 0 Å². The first-order valence-corrected chi connectivity index (χ1v) is 5.84. The zero-order valence-electron chi connectivity index (χ0n) is 8.25. The molecule has 17 heavy (non-hydrogen) atoms.